The van der Waals surface area contributed by atoms with Crippen molar-refractivity contribution in [2.45, 2.75) is 57.3 Å². The zero-order valence-electron chi connectivity index (χ0n) is 22.6. The van der Waals surface area contributed by atoms with Crippen LogP contribution in [0.4, 0.5) is 0 Å². The number of aliphatic hydroxyl groups is 1. The number of benzene rings is 1. The maximum absolute atomic E-state index is 13.0. The van der Waals surface area contributed by atoms with Crippen molar-refractivity contribution in [1.29, 1.82) is 0 Å². The molecule has 220 valence electrons. The van der Waals surface area contributed by atoms with E-state index in [4.69, 9.17) is 10.2 Å². The summed E-state index contributed by atoms with van der Waals surface area (Å²) < 4.78 is 0. The smallest absolute Gasteiger partial charge is 0.328 e. The van der Waals surface area contributed by atoms with Crippen LogP contribution in [-0.4, -0.2) is 96.1 Å². The highest BCUT2D eigenvalue weighted by Crippen LogP contribution is 2.06. The number of carboxylic acids is 1. The second-order valence-electron chi connectivity index (χ2n) is 9.77. The van der Waals surface area contributed by atoms with Gasteiger partial charge in [-0.05, 0) is 30.9 Å². The van der Waals surface area contributed by atoms with E-state index in [9.17, 15) is 28.8 Å². The average Bonchev–Trinajstić information content (AvgIpc) is 3.47. The SMILES string of the molecule is CC(C)[C@H](NC(=O)CNC(=O)[C@H](Cc1ccccc1)NC(=O)CNC(=O)[C@@H]1CCCN1)C(=O)N[C@@H](CO)C(=O)O. The number of nitrogens with one attached hydrogen (secondary N) is 6. The van der Waals surface area contributed by atoms with Crippen LogP contribution >= 0.6 is 0 Å². The maximum Gasteiger partial charge on any atom is 0.328 e. The molecule has 0 saturated carbocycles. The van der Waals surface area contributed by atoms with Gasteiger partial charge >= 0.3 is 5.97 Å². The molecule has 2 rings (SSSR count). The first-order valence-electron chi connectivity index (χ1n) is 13.1. The van der Waals surface area contributed by atoms with Crippen LogP contribution in [0.1, 0.15) is 32.3 Å². The Morgan fingerprint density at radius 3 is 2.12 bits per heavy atom. The molecular formula is C26H38N6O8. The summed E-state index contributed by atoms with van der Waals surface area (Å²) in [7, 11) is 0. The molecular weight excluding hydrogens is 524 g/mol. The van der Waals surface area contributed by atoms with Gasteiger partial charge in [-0.15, -0.1) is 0 Å². The van der Waals surface area contributed by atoms with Gasteiger partial charge < -0.3 is 42.1 Å². The molecule has 0 radical (unpaired) electrons. The molecule has 1 saturated heterocycles. The molecule has 0 aromatic heterocycles. The molecule has 1 aliphatic rings. The minimum atomic E-state index is -1.54. The Morgan fingerprint density at radius 1 is 0.900 bits per heavy atom. The molecule has 5 amide bonds. The number of carbonyl (C=O) groups is 6. The van der Waals surface area contributed by atoms with Crippen molar-refractivity contribution in [3.63, 3.8) is 0 Å². The van der Waals surface area contributed by atoms with E-state index in [-0.39, 0.29) is 24.9 Å². The van der Waals surface area contributed by atoms with E-state index in [2.05, 4.69) is 31.9 Å². The lowest BCUT2D eigenvalue weighted by atomic mass is 10.0. The number of hydrogen-bond donors (Lipinski definition) is 8. The average molecular weight is 563 g/mol. The molecule has 0 bridgehead atoms. The highest BCUT2D eigenvalue weighted by Gasteiger charge is 2.29. The lowest BCUT2D eigenvalue weighted by Crippen LogP contribution is -2.56. The van der Waals surface area contributed by atoms with Gasteiger partial charge in [0.15, 0.2) is 0 Å². The van der Waals surface area contributed by atoms with Crippen LogP contribution in [0.25, 0.3) is 0 Å². The van der Waals surface area contributed by atoms with Gasteiger partial charge in [0.1, 0.15) is 18.1 Å². The van der Waals surface area contributed by atoms with Crippen molar-refractivity contribution in [3.05, 3.63) is 35.9 Å². The molecule has 8 N–H and O–H groups in total. The summed E-state index contributed by atoms with van der Waals surface area (Å²) in [5.41, 5.74) is 0.750. The Bertz CT molecular complexity index is 1040. The summed E-state index contributed by atoms with van der Waals surface area (Å²) in [5, 5.41) is 33.4. The van der Waals surface area contributed by atoms with E-state index >= 15 is 0 Å². The molecule has 1 aliphatic heterocycles. The van der Waals surface area contributed by atoms with Gasteiger partial charge in [0.25, 0.3) is 0 Å². The Balaban J connectivity index is 1.96. The van der Waals surface area contributed by atoms with Crippen LogP contribution in [0.5, 0.6) is 0 Å². The molecule has 0 unspecified atom stereocenters. The fourth-order valence-electron chi connectivity index (χ4n) is 4.00. The van der Waals surface area contributed by atoms with Crippen molar-refractivity contribution in [1.82, 2.24) is 31.9 Å². The lowest BCUT2D eigenvalue weighted by molar-refractivity contribution is -0.143. The Morgan fingerprint density at radius 2 is 1.55 bits per heavy atom. The molecule has 1 heterocycles. The minimum absolute atomic E-state index is 0.118. The first kappa shape index (κ1) is 32.2. The summed E-state index contributed by atoms with van der Waals surface area (Å²) in [4.78, 5) is 73.8. The first-order valence-corrected chi connectivity index (χ1v) is 13.1. The van der Waals surface area contributed by atoms with Crippen molar-refractivity contribution in [2.24, 2.45) is 5.92 Å². The highest BCUT2D eigenvalue weighted by molar-refractivity contribution is 5.94. The quantitative estimate of drug-likeness (QED) is 0.112. The number of carboxylic acid groups (broad SMARTS) is 1. The van der Waals surface area contributed by atoms with Crippen LogP contribution in [-0.2, 0) is 35.2 Å². The summed E-state index contributed by atoms with van der Waals surface area (Å²) in [6, 6.07) is 4.81. The molecule has 1 aromatic rings. The van der Waals surface area contributed by atoms with E-state index in [1.807, 2.05) is 0 Å². The molecule has 1 fully saturated rings. The second kappa shape index (κ2) is 16.2. The van der Waals surface area contributed by atoms with Crippen LogP contribution < -0.4 is 31.9 Å². The Kier molecular flexibility index (Phi) is 13.0. The molecule has 40 heavy (non-hydrogen) atoms. The minimum Gasteiger partial charge on any atom is -0.480 e. The van der Waals surface area contributed by atoms with Gasteiger partial charge in [0, 0.05) is 6.42 Å². The number of aliphatic hydroxyl groups excluding tert-OH is 1. The van der Waals surface area contributed by atoms with Crippen molar-refractivity contribution in [2.75, 3.05) is 26.2 Å². The predicted octanol–water partition coefficient (Wildman–Crippen LogP) is -2.60. The van der Waals surface area contributed by atoms with Crippen molar-refractivity contribution >= 4 is 35.5 Å². The summed E-state index contributed by atoms with van der Waals surface area (Å²) in [6.45, 7) is 2.31. The lowest BCUT2D eigenvalue weighted by Gasteiger charge is -2.24. The van der Waals surface area contributed by atoms with Crippen LogP contribution in [0, 0.1) is 5.92 Å². The summed E-state index contributed by atoms with van der Waals surface area (Å²) in [5.74, 6) is -4.94. The van der Waals surface area contributed by atoms with E-state index in [1.165, 1.54) is 0 Å². The zero-order chi connectivity index (χ0) is 29.7. The van der Waals surface area contributed by atoms with Crippen molar-refractivity contribution < 1.29 is 39.0 Å². The highest BCUT2D eigenvalue weighted by atomic mass is 16.4. The van der Waals surface area contributed by atoms with Crippen LogP contribution in [0.2, 0.25) is 0 Å². The summed E-state index contributed by atoms with van der Waals surface area (Å²) in [6.07, 6.45) is 1.66. The van der Waals surface area contributed by atoms with E-state index in [0.717, 1.165) is 18.5 Å². The van der Waals surface area contributed by atoms with E-state index in [0.29, 0.717) is 6.42 Å². The van der Waals surface area contributed by atoms with E-state index < -0.39 is 66.8 Å². The monoisotopic (exact) mass is 562 g/mol. The molecule has 1 aromatic carbocycles. The Labute approximate surface area is 232 Å². The third-order valence-electron chi connectivity index (χ3n) is 6.22. The zero-order valence-corrected chi connectivity index (χ0v) is 22.6. The van der Waals surface area contributed by atoms with Gasteiger partial charge in [-0.25, -0.2) is 4.79 Å². The van der Waals surface area contributed by atoms with Crippen LogP contribution in [0.15, 0.2) is 30.3 Å². The van der Waals surface area contributed by atoms with Crippen LogP contribution in [0.3, 0.4) is 0 Å². The summed E-state index contributed by atoms with van der Waals surface area (Å²) >= 11 is 0. The first-order chi connectivity index (χ1) is 19.0. The fourth-order valence-corrected chi connectivity index (χ4v) is 4.00. The third kappa shape index (κ3) is 10.6. The van der Waals surface area contributed by atoms with E-state index in [1.54, 1.807) is 44.2 Å². The largest absolute Gasteiger partial charge is 0.480 e. The molecule has 14 nitrogen and oxygen atoms in total. The molecule has 0 spiro atoms. The van der Waals surface area contributed by atoms with Gasteiger partial charge in [-0.1, -0.05) is 44.2 Å². The van der Waals surface area contributed by atoms with Gasteiger partial charge in [-0.3, -0.25) is 24.0 Å². The third-order valence-corrected chi connectivity index (χ3v) is 6.22. The second-order valence-corrected chi connectivity index (χ2v) is 9.77. The maximum atomic E-state index is 13.0. The van der Waals surface area contributed by atoms with Gasteiger partial charge in [0.05, 0.1) is 25.7 Å². The Hall–Kier alpha value is -4.04. The standard InChI is InChI=1S/C26H38N6O8/c1-15(2)22(25(38)31-19(14-33)26(39)40)32-21(35)13-29-24(37)18(11-16-7-4-3-5-8-16)30-20(34)12-28-23(36)17-9-6-10-27-17/h3-5,7-8,15,17-19,22,27,33H,6,9-14H2,1-2H3,(H,28,36)(H,29,37)(H,30,34)(H,31,38)(H,32,35)(H,39,40)/t17-,18-,19-,22-/m0/s1. The molecule has 4 atom stereocenters. The normalized spacial score (nSPS) is 16.8. The fraction of sp³-hybridized carbons (Fsp3) is 0.538. The number of amides is 5. The number of aliphatic carboxylic acids is 1. The predicted molar refractivity (Wildman–Crippen MR) is 143 cm³/mol. The number of hydrogen-bond acceptors (Lipinski definition) is 8. The van der Waals surface area contributed by atoms with Crippen molar-refractivity contribution in [3.8, 4) is 0 Å². The number of carbonyl (C=O) groups excluding carboxylic acids is 5. The topological polar surface area (TPSA) is 215 Å². The number of rotatable bonds is 15. The van der Waals surface area contributed by atoms with Gasteiger partial charge in [-0.2, -0.15) is 0 Å². The van der Waals surface area contributed by atoms with Gasteiger partial charge in [0.2, 0.25) is 29.5 Å². The molecule has 0 aliphatic carbocycles. The molecule has 14 heteroatoms.